The van der Waals surface area contributed by atoms with Crippen LogP contribution in [0.3, 0.4) is 0 Å². The summed E-state index contributed by atoms with van der Waals surface area (Å²) >= 11 is 3.01. The van der Waals surface area contributed by atoms with Crippen molar-refractivity contribution < 1.29 is 14.6 Å². The van der Waals surface area contributed by atoms with Crippen LogP contribution in [-0.4, -0.2) is 23.2 Å². The molecule has 0 unspecified atom stereocenters. The second-order valence-corrected chi connectivity index (χ2v) is 5.51. The molecule has 2 rings (SSSR count). The highest BCUT2D eigenvalue weighted by molar-refractivity contribution is 7.16. The largest absolute Gasteiger partial charge is 0.481 e. The topological polar surface area (TPSA) is 59.4 Å². The lowest BCUT2D eigenvalue weighted by Gasteiger charge is -1.91. The van der Waals surface area contributed by atoms with Gasteiger partial charge < -0.3 is 9.84 Å². The Morgan fingerprint density at radius 3 is 3.06 bits per heavy atom. The summed E-state index contributed by atoms with van der Waals surface area (Å²) in [4.78, 5) is 16.8. The lowest BCUT2D eigenvalue weighted by atomic mass is 10.3. The van der Waals surface area contributed by atoms with Crippen molar-refractivity contribution in [3.63, 3.8) is 0 Å². The Labute approximate surface area is 107 Å². The number of carboxylic acids is 1. The molecule has 0 fully saturated rings. The molecule has 0 aliphatic heterocycles. The number of thiophene rings is 1. The monoisotopic (exact) mass is 269 g/mol. The first kappa shape index (κ1) is 12.2. The van der Waals surface area contributed by atoms with Gasteiger partial charge in [-0.05, 0) is 12.1 Å². The van der Waals surface area contributed by atoms with Crippen LogP contribution in [0.2, 0.25) is 0 Å². The first-order chi connectivity index (χ1) is 8.19. The zero-order valence-corrected chi connectivity index (χ0v) is 10.8. The molecule has 0 aliphatic carbocycles. The van der Waals surface area contributed by atoms with Gasteiger partial charge in [0.15, 0.2) is 0 Å². The van der Waals surface area contributed by atoms with Crippen molar-refractivity contribution in [2.24, 2.45) is 0 Å². The van der Waals surface area contributed by atoms with Crippen LogP contribution in [0.25, 0.3) is 10.6 Å². The van der Waals surface area contributed by atoms with Crippen LogP contribution >= 0.6 is 22.7 Å². The van der Waals surface area contributed by atoms with Gasteiger partial charge in [0, 0.05) is 17.4 Å². The molecule has 2 aromatic rings. The second-order valence-electron chi connectivity index (χ2n) is 3.40. The molecule has 0 aromatic carbocycles. The number of carboxylic acid groups (broad SMARTS) is 1. The van der Waals surface area contributed by atoms with E-state index in [1.54, 1.807) is 18.4 Å². The number of thiazole rings is 1. The summed E-state index contributed by atoms with van der Waals surface area (Å²) in [6, 6.07) is 3.75. The molecule has 0 aliphatic rings. The average Bonchev–Trinajstić information content (AvgIpc) is 2.86. The Balaban J connectivity index is 2.15. The van der Waals surface area contributed by atoms with Gasteiger partial charge in [-0.3, -0.25) is 4.79 Å². The van der Waals surface area contributed by atoms with Gasteiger partial charge >= 0.3 is 5.97 Å². The van der Waals surface area contributed by atoms with Crippen LogP contribution in [-0.2, 0) is 22.6 Å². The van der Waals surface area contributed by atoms with E-state index in [9.17, 15) is 4.79 Å². The summed E-state index contributed by atoms with van der Waals surface area (Å²) < 4.78 is 5.01. The van der Waals surface area contributed by atoms with Gasteiger partial charge in [-0.15, -0.1) is 22.7 Å². The smallest absolute Gasteiger partial charge is 0.308 e. The lowest BCUT2D eigenvalue weighted by Crippen LogP contribution is -1.96. The van der Waals surface area contributed by atoms with Crippen molar-refractivity contribution in [2.45, 2.75) is 13.0 Å². The molecule has 0 spiro atoms. The van der Waals surface area contributed by atoms with Crippen LogP contribution in [0.1, 0.15) is 9.88 Å². The average molecular weight is 269 g/mol. The zero-order valence-electron chi connectivity index (χ0n) is 9.17. The van der Waals surface area contributed by atoms with Crippen molar-refractivity contribution >= 4 is 28.6 Å². The number of carbonyl (C=O) groups is 1. The molecule has 2 heterocycles. The van der Waals surface area contributed by atoms with E-state index in [1.165, 1.54) is 11.3 Å². The van der Waals surface area contributed by atoms with E-state index in [1.807, 2.05) is 17.5 Å². The summed E-state index contributed by atoms with van der Waals surface area (Å²) in [7, 11) is 1.64. The maximum Gasteiger partial charge on any atom is 0.308 e. The number of rotatable bonds is 5. The minimum atomic E-state index is -0.809. The first-order valence-corrected chi connectivity index (χ1v) is 6.63. The SMILES string of the molecule is COCc1nc(-c2ccc(CC(=O)O)s2)cs1. The van der Waals surface area contributed by atoms with Crippen LogP contribution in [0, 0.1) is 0 Å². The molecule has 6 heteroatoms. The van der Waals surface area contributed by atoms with Crippen LogP contribution in [0.4, 0.5) is 0 Å². The number of aliphatic carboxylic acids is 1. The Morgan fingerprint density at radius 2 is 2.35 bits per heavy atom. The van der Waals surface area contributed by atoms with Gasteiger partial charge in [0.25, 0.3) is 0 Å². The number of nitrogens with zero attached hydrogens (tertiary/aromatic N) is 1. The summed E-state index contributed by atoms with van der Waals surface area (Å²) in [5.41, 5.74) is 0.892. The van der Waals surface area contributed by atoms with Crippen molar-refractivity contribution in [3.8, 4) is 10.6 Å². The summed E-state index contributed by atoms with van der Waals surface area (Å²) in [5.74, 6) is -0.809. The fraction of sp³-hybridized carbons (Fsp3) is 0.273. The standard InChI is InChI=1S/C11H11NO3S2/c1-15-5-10-12-8(6-16-10)9-3-2-7(17-9)4-11(13)14/h2-3,6H,4-5H2,1H3,(H,13,14). The number of hydrogen-bond acceptors (Lipinski definition) is 5. The van der Waals surface area contributed by atoms with E-state index in [0.717, 1.165) is 20.5 Å². The first-order valence-electron chi connectivity index (χ1n) is 4.93. The van der Waals surface area contributed by atoms with Crippen molar-refractivity contribution in [1.29, 1.82) is 0 Å². The minimum Gasteiger partial charge on any atom is -0.481 e. The second kappa shape index (κ2) is 5.39. The molecule has 0 atom stereocenters. The number of methoxy groups -OCH3 is 1. The Kier molecular flexibility index (Phi) is 3.88. The lowest BCUT2D eigenvalue weighted by molar-refractivity contribution is -0.136. The Hall–Kier alpha value is -1.24. The van der Waals surface area contributed by atoms with Crippen molar-refractivity contribution in [3.05, 3.63) is 27.4 Å². The molecular formula is C11H11NO3S2. The molecule has 1 N–H and O–H groups in total. The van der Waals surface area contributed by atoms with Crippen LogP contribution in [0.15, 0.2) is 17.5 Å². The van der Waals surface area contributed by atoms with E-state index in [0.29, 0.717) is 6.61 Å². The predicted molar refractivity (Wildman–Crippen MR) is 67.5 cm³/mol. The summed E-state index contributed by atoms with van der Waals surface area (Å²) in [6.07, 6.45) is 0.0692. The maximum atomic E-state index is 10.6. The molecule has 0 saturated carbocycles. The van der Waals surface area contributed by atoms with E-state index in [-0.39, 0.29) is 6.42 Å². The van der Waals surface area contributed by atoms with Gasteiger partial charge in [0.05, 0.1) is 23.6 Å². The normalized spacial score (nSPS) is 10.6. The molecule has 2 aromatic heterocycles. The molecule has 90 valence electrons. The zero-order chi connectivity index (χ0) is 12.3. The highest BCUT2D eigenvalue weighted by Gasteiger charge is 2.09. The Morgan fingerprint density at radius 1 is 1.53 bits per heavy atom. The van der Waals surface area contributed by atoms with Gasteiger partial charge in [0.1, 0.15) is 5.01 Å². The third kappa shape index (κ3) is 3.12. The van der Waals surface area contributed by atoms with E-state index in [2.05, 4.69) is 4.98 Å². The highest BCUT2D eigenvalue weighted by Crippen LogP contribution is 2.29. The van der Waals surface area contributed by atoms with Crippen molar-refractivity contribution in [2.75, 3.05) is 7.11 Å². The summed E-state index contributed by atoms with van der Waals surface area (Å²) in [6.45, 7) is 0.512. The van der Waals surface area contributed by atoms with Crippen LogP contribution in [0.5, 0.6) is 0 Å². The molecule has 0 saturated heterocycles. The molecular weight excluding hydrogens is 258 g/mol. The third-order valence-electron chi connectivity index (χ3n) is 2.06. The third-order valence-corrected chi connectivity index (χ3v) is 3.99. The Bertz CT molecular complexity index is 518. The highest BCUT2D eigenvalue weighted by atomic mass is 32.1. The van der Waals surface area contributed by atoms with Gasteiger partial charge in [-0.1, -0.05) is 0 Å². The molecule has 17 heavy (non-hydrogen) atoms. The van der Waals surface area contributed by atoms with Gasteiger partial charge in [-0.25, -0.2) is 4.98 Å². The van der Waals surface area contributed by atoms with Gasteiger partial charge in [0.2, 0.25) is 0 Å². The fourth-order valence-electron chi connectivity index (χ4n) is 1.37. The quantitative estimate of drug-likeness (QED) is 0.906. The van der Waals surface area contributed by atoms with Crippen molar-refractivity contribution in [1.82, 2.24) is 4.98 Å². The number of ether oxygens (including phenoxy) is 1. The van der Waals surface area contributed by atoms with E-state index < -0.39 is 5.97 Å². The van der Waals surface area contributed by atoms with E-state index >= 15 is 0 Å². The van der Waals surface area contributed by atoms with E-state index in [4.69, 9.17) is 9.84 Å². The summed E-state index contributed by atoms with van der Waals surface area (Å²) in [5, 5.41) is 11.6. The molecule has 4 nitrogen and oxygen atoms in total. The fourth-order valence-corrected chi connectivity index (χ4v) is 3.17. The molecule has 0 bridgehead atoms. The minimum absolute atomic E-state index is 0.0692. The van der Waals surface area contributed by atoms with Gasteiger partial charge in [-0.2, -0.15) is 0 Å². The molecule has 0 radical (unpaired) electrons. The number of aromatic nitrogens is 1. The maximum absolute atomic E-state index is 10.6. The number of hydrogen-bond donors (Lipinski definition) is 1. The predicted octanol–water partition coefficient (Wildman–Crippen LogP) is 2.65. The molecule has 0 amide bonds. The van der Waals surface area contributed by atoms with Crippen LogP contribution < -0.4 is 0 Å².